The van der Waals surface area contributed by atoms with Gasteiger partial charge in [-0.05, 0) is 12.8 Å². The molecule has 0 aliphatic carbocycles. The lowest BCUT2D eigenvalue weighted by molar-refractivity contribution is -0.0635. The summed E-state index contributed by atoms with van der Waals surface area (Å²) in [6.45, 7) is 5.53. The molecule has 0 unspecified atom stereocenters. The van der Waals surface area contributed by atoms with Crippen molar-refractivity contribution < 1.29 is 19.7 Å². The van der Waals surface area contributed by atoms with Crippen LogP contribution in [0.2, 0.25) is 0 Å². The minimum atomic E-state index is -0.697. The Labute approximate surface area is 85.8 Å². The molecular weight excluding hydrogens is 184 g/mol. The Kier molecular flexibility index (Phi) is 8.08. The van der Waals surface area contributed by atoms with Crippen LogP contribution in [0.15, 0.2) is 0 Å². The van der Waals surface area contributed by atoms with Gasteiger partial charge in [-0.15, -0.1) is 0 Å². The van der Waals surface area contributed by atoms with Crippen LogP contribution in [0, 0.1) is 0 Å². The topological polar surface area (TPSA) is 58.9 Å². The predicted molar refractivity (Wildman–Crippen MR) is 54.3 cm³/mol. The summed E-state index contributed by atoms with van der Waals surface area (Å²) in [6, 6.07) is 0. The van der Waals surface area contributed by atoms with Crippen LogP contribution in [0.3, 0.4) is 0 Å². The van der Waals surface area contributed by atoms with E-state index in [0.29, 0.717) is 39.3 Å². The lowest BCUT2D eigenvalue weighted by Gasteiger charge is -2.24. The van der Waals surface area contributed by atoms with Gasteiger partial charge in [0.2, 0.25) is 0 Å². The molecule has 0 rings (SSSR count). The van der Waals surface area contributed by atoms with Crippen LogP contribution in [0.1, 0.15) is 26.7 Å². The van der Waals surface area contributed by atoms with Crippen LogP contribution in [0.5, 0.6) is 0 Å². The molecule has 0 aromatic heterocycles. The third-order valence-corrected chi connectivity index (χ3v) is 2.29. The molecule has 0 heterocycles. The van der Waals surface area contributed by atoms with Crippen molar-refractivity contribution in [2.45, 2.75) is 32.3 Å². The van der Waals surface area contributed by atoms with Crippen LogP contribution < -0.4 is 0 Å². The Morgan fingerprint density at radius 3 is 2.07 bits per heavy atom. The molecule has 0 aromatic carbocycles. The molecule has 0 saturated carbocycles. The Bertz CT molecular complexity index is 123. The smallest absolute Gasteiger partial charge is 0.0874 e. The highest BCUT2D eigenvalue weighted by molar-refractivity contribution is 4.73. The molecule has 14 heavy (non-hydrogen) atoms. The summed E-state index contributed by atoms with van der Waals surface area (Å²) in [6.07, 6.45) is 1.39. The first-order valence-corrected chi connectivity index (χ1v) is 5.17. The first-order valence-electron chi connectivity index (χ1n) is 5.17. The van der Waals surface area contributed by atoms with E-state index in [0.717, 1.165) is 0 Å². The SMILES string of the molecule is CCC(O)(CC)COCCOCCO. The zero-order valence-corrected chi connectivity index (χ0v) is 9.16. The summed E-state index contributed by atoms with van der Waals surface area (Å²) in [4.78, 5) is 0. The fraction of sp³-hybridized carbons (Fsp3) is 1.00. The average molecular weight is 206 g/mol. The van der Waals surface area contributed by atoms with Gasteiger partial charge in [-0.3, -0.25) is 0 Å². The summed E-state index contributed by atoms with van der Waals surface area (Å²) in [5, 5.41) is 18.2. The lowest BCUT2D eigenvalue weighted by Crippen LogP contribution is -2.33. The van der Waals surface area contributed by atoms with Crippen molar-refractivity contribution in [3.8, 4) is 0 Å². The third-order valence-electron chi connectivity index (χ3n) is 2.29. The molecule has 4 heteroatoms. The number of hydrogen-bond donors (Lipinski definition) is 2. The number of ether oxygens (including phenoxy) is 2. The van der Waals surface area contributed by atoms with Gasteiger partial charge in [0.05, 0.1) is 38.6 Å². The van der Waals surface area contributed by atoms with Crippen molar-refractivity contribution >= 4 is 0 Å². The molecule has 4 nitrogen and oxygen atoms in total. The molecule has 0 atom stereocenters. The van der Waals surface area contributed by atoms with E-state index in [4.69, 9.17) is 14.6 Å². The molecule has 0 aliphatic heterocycles. The Hall–Kier alpha value is -0.160. The number of aliphatic hydroxyl groups excluding tert-OH is 1. The third kappa shape index (κ3) is 6.32. The van der Waals surface area contributed by atoms with E-state index in [9.17, 15) is 5.11 Å². The van der Waals surface area contributed by atoms with Crippen LogP contribution in [-0.2, 0) is 9.47 Å². The van der Waals surface area contributed by atoms with Gasteiger partial charge in [0.1, 0.15) is 0 Å². The van der Waals surface area contributed by atoms with Crippen LogP contribution in [-0.4, -0.2) is 48.8 Å². The number of aliphatic hydroxyl groups is 2. The van der Waals surface area contributed by atoms with Gasteiger partial charge in [-0.25, -0.2) is 0 Å². The van der Waals surface area contributed by atoms with Crippen LogP contribution in [0.25, 0.3) is 0 Å². The molecule has 0 radical (unpaired) electrons. The quantitative estimate of drug-likeness (QED) is 0.541. The van der Waals surface area contributed by atoms with Crippen molar-refractivity contribution in [1.82, 2.24) is 0 Å². The van der Waals surface area contributed by atoms with Gasteiger partial charge in [0, 0.05) is 0 Å². The van der Waals surface area contributed by atoms with Gasteiger partial charge in [0.15, 0.2) is 0 Å². The van der Waals surface area contributed by atoms with E-state index in [2.05, 4.69) is 0 Å². The van der Waals surface area contributed by atoms with Crippen molar-refractivity contribution in [1.29, 1.82) is 0 Å². The molecule has 0 saturated heterocycles. The van der Waals surface area contributed by atoms with Crippen molar-refractivity contribution in [3.05, 3.63) is 0 Å². The monoisotopic (exact) mass is 206 g/mol. The summed E-state index contributed by atoms with van der Waals surface area (Å²) in [7, 11) is 0. The largest absolute Gasteiger partial charge is 0.394 e. The molecule has 0 amide bonds. The molecule has 0 aromatic rings. The highest BCUT2D eigenvalue weighted by Gasteiger charge is 2.21. The maximum absolute atomic E-state index is 9.83. The van der Waals surface area contributed by atoms with E-state index in [1.54, 1.807) is 0 Å². The van der Waals surface area contributed by atoms with E-state index in [-0.39, 0.29) is 6.61 Å². The highest BCUT2D eigenvalue weighted by atomic mass is 16.5. The van der Waals surface area contributed by atoms with E-state index in [1.807, 2.05) is 13.8 Å². The highest BCUT2D eigenvalue weighted by Crippen LogP contribution is 2.14. The number of rotatable bonds is 9. The standard InChI is InChI=1S/C10H22O4/c1-3-10(12,4-2)9-14-8-7-13-6-5-11/h11-12H,3-9H2,1-2H3. The second kappa shape index (κ2) is 8.17. The first-order chi connectivity index (χ1) is 6.68. The van der Waals surface area contributed by atoms with Crippen molar-refractivity contribution in [2.75, 3.05) is 33.0 Å². The fourth-order valence-corrected chi connectivity index (χ4v) is 1.00. The zero-order chi connectivity index (χ0) is 10.9. The average Bonchev–Trinajstić information content (AvgIpc) is 2.23. The summed E-state index contributed by atoms with van der Waals surface area (Å²) in [5.41, 5.74) is -0.697. The van der Waals surface area contributed by atoms with Crippen LogP contribution >= 0.6 is 0 Å². The molecule has 0 aliphatic rings. The lowest BCUT2D eigenvalue weighted by atomic mass is 9.99. The van der Waals surface area contributed by atoms with Gasteiger partial charge in [0.25, 0.3) is 0 Å². The van der Waals surface area contributed by atoms with Gasteiger partial charge in [-0.2, -0.15) is 0 Å². The fourth-order valence-electron chi connectivity index (χ4n) is 1.00. The summed E-state index contributed by atoms with van der Waals surface area (Å²) >= 11 is 0. The van der Waals surface area contributed by atoms with E-state index in [1.165, 1.54) is 0 Å². The predicted octanol–water partition coefficient (Wildman–Crippen LogP) is 0.563. The Balaban J connectivity index is 3.34. The van der Waals surface area contributed by atoms with Crippen molar-refractivity contribution in [2.24, 2.45) is 0 Å². The second-order valence-electron chi connectivity index (χ2n) is 3.32. The molecular formula is C10H22O4. The van der Waals surface area contributed by atoms with Crippen molar-refractivity contribution in [3.63, 3.8) is 0 Å². The minimum absolute atomic E-state index is 0.0356. The maximum Gasteiger partial charge on any atom is 0.0874 e. The van der Waals surface area contributed by atoms with E-state index >= 15 is 0 Å². The summed E-state index contributed by atoms with van der Waals surface area (Å²) in [5.74, 6) is 0. The zero-order valence-electron chi connectivity index (χ0n) is 9.16. The molecule has 86 valence electrons. The van der Waals surface area contributed by atoms with E-state index < -0.39 is 5.60 Å². The molecule has 2 N–H and O–H groups in total. The van der Waals surface area contributed by atoms with Crippen LogP contribution in [0.4, 0.5) is 0 Å². The second-order valence-corrected chi connectivity index (χ2v) is 3.32. The van der Waals surface area contributed by atoms with Gasteiger partial charge < -0.3 is 19.7 Å². The van der Waals surface area contributed by atoms with Gasteiger partial charge >= 0.3 is 0 Å². The van der Waals surface area contributed by atoms with Gasteiger partial charge in [-0.1, -0.05) is 13.8 Å². The Morgan fingerprint density at radius 1 is 1.00 bits per heavy atom. The molecule has 0 spiro atoms. The normalized spacial score (nSPS) is 12.0. The molecule has 0 bridgehead atoms. The molecule has 0 fully saturated rings. The first kappa shape index (κ1) is 13.8. The summed E-state index contributed by atoms with van der Waals surface area (Å²) < 4.78 is 10.3. The minimum Gasteiger partial charge on any atom is -0.394 e. The number of hydrogen-bond acceptors (Lipinski definition) is 4. The Morgan fingerprint density at radius 2 is 1.57 bits per heavy atom. The maximum atomic E-state index is 9.83.